The van der Waals surface area contributed by atoms with Crippen molar-refractivity contribution in [3.05, 3.63) is 35.9 Å². The van der Waals surface area contributed by atoms with Crippen LogP contribution >= 0.6 is 0 Å². The van der Waals surface area contributed by atoms with Gasteiger partial charge in [-0.3, -0.25) is 4.79 Å². The van der Waals surface area contributed by atoms with Gasteiger partial charge in [-0.2, -0.15) is 0 Å². The molecule has 0 heterocycles. The molecule has 0 radical (unpaired) electrons. The number of benzene rings is 1. The minimum Gasteiger partial charge on any atom is -0.322 e. The zero-order valence-electron chi connectivity index (χ0n) is 11.5. The lowest BCUT2D eigenvalue weighted by atomic mass is 10.2. The van der Waals surface area contributed by atoms with Crippen LogP contribution in [0.1, 0.15) is 12.5 Å². The molecule has 0 fully saturated rings. The molecule has 0 aromatic heterocycles. The number of nitrogens with zero attached hydrogens (tertiary/aromatic N) is 1. The van der Waals surface area contributed by atoms with Gasteiger partial charge in [0.1, 0.15) is 0 Å². The lowest BCUT2D eigenvalue weighted by molar-refractivity contribution is -0.111. The van der Waals surface area contributed by atoms with Crippen LogP contribution in [0.25, 0.3) is 0 Å². The number of carbonyl (C=O) groups excluding carboxylic acids is 1. The number of rotatable bonds is 4. The first-order valence-electron chi connectivity index (χ1n) is 5.76. The topological polar surface area (TPSA) is 66.5 Å². The summed E-state index contributed by atoms with van der Waals surface area (Å²) in [7, 11) is -0.569. The smallest absolute Gasteiger partial charge is 0.248 e. The van der Waals surface area contributed by atoms with E-state index in [1.54, 1.807) is 26.0 Å². The van der Waals surface area contributed by atoms with Crippen LogP contribution in [0.4, 0.5) is 5.69 Å². The Kier molecular flexibility index (Phi) is 4.85. The van der Waals surface area contributed by atoms with Crippen molar-refractivity contribution in [1.29, 1.82) is 0 Å². The summed E-state index contributed by atoms with van der Waals surface area (Å²) in [6, 6.07) is 4.66. The van der Waals surface area contributed by atoms with Gasteiger partial charge in [-0.05, 0) is 37.6 Å². The molecular formula is C13H18N2O3S. The Balaban J connectivity index is 3.18. The summed E-state index contributed by atoms with van der Waals surface area (Å²) in [4.78, 5) is 11.7. The van der Waals surface area contributed by atoms with Crippen LogP contribution < -0.4 is 5.32 Å². The maximum atomic E-state index is 12.0. The van der Waals surface area contributed by atoms with Gasteiger partial charge in [0.2, 0.25) is 15.9 Å². The predicted octanol–water partition coefficient (Wildman–Crippen LogP) is 1.76. The Morgan fingerprint density at radius 1 is 1.32 bits per heavy atom. The van der Waals surface area contributed by atoms with Crippen molar-refractivity contribution >= 4 is 21.6 Å². The van der Waals surface area contributed by atoms with Gasteiger partial charge in [-0.15, -0.1) is 0 Å². The Morgan fingerprint density at radius 2 is 1.95 bits per heavy atom. The van der Waals surface area contributed by atoms with Crippen molar-refractivity contribution in [3.8, 4) is 0 Å². The average Bonchev–Trinajstić information content (AvgIpc) is 2.31. The van der Waals surface area contributed by atoms with E-state index in [9.17, 15) is 13.2 Å². The van der Waals surface area contributed by atoms with Crippen LogP contribution in [0, 0.1) is 6.92 Å². The average molecular weight is 282 g/mol. The normalized spacial score (nSPS) is 12.1. The van der Waals surface area contributed by atoms with Crippen molar-refractivity contribution in [2.45, 2.75) is 18.7 Å². The zero-order valence-corrected chi connectivity index (χ0v) is 12.3. The molecule has 1 aromatic carbocycles. The third-order valence-electron chi connectivity index (χ3n) is 2.56. The van der Waals surface area contributed by atoms with Crippen molar-refractivity contribution in [1.82, 2.24) is 4.31 Å². The Bertz CT molecular complexity index is 604. The fraction of sp³-hybridized carbons (Fsp3) is 0.308. The maximum absolute atomic E-state index is 12.0. The number of hydrogen-bond acceptors (Lipinski definition) is 3. The minimum absolute atomic E-state index is 0.152. The second-order valence-electron chi connectivity index (χ2n) is 4.25. The molecule has 0 spiro atoms. The van der Waals surface area contributed by atoms with Gasteiger partial charge in [0, 0.05) is 19.8 Å². The molecule has 1 N–H and O–H groups in total. The molecule has 0 unspecified atom stereocenters. The molecule has 0 aliphatic heterocycles. The number of hydrogen-bond donors (Lipinski definition) is 1. The third-order valence-corrected chi connectivity index (χ3v) is 4.37. The van der Waals surface area contributed by atoms with Crippen molar-refractivity contribution in [2.24, 2.45) is 0 Å². The molecule has 0 saturated heterocycles. The number of aryl methyl sites for hydroxylation is 1. The van der Waals surface area contributed by atoms with Gasteiger partial charge < -0.3 is 5.32 Å². The maximum Gasteiger partial charge on any atom is 0.248 e. The summed E-state index contributed by atoms with van der Waals surface area (Å²) < 4.78 is 25.1. The first kappa shape index (κ1) is 15.4. The zero-order chi connectivity index (χ0) is 14.6. The van der Waals surface area contributed by atoms with Gasteiger partial charge in [0.05, 0.1) is 4.90 Å². The van der Waals surface area contributed by atoms with Crippen molar-refractivity contribution < 1.29 is 13.2 Å². The standard InChI is InChI=1S/C13H18N2O3S/c1-5-6-13(16)14-12-9-11(8-7-10(12)2)19(17,18)15(3)4/h5-9H,1-4H3,(H,14,16)/b6-5+. The van der Waals surface area contributed by atoms with E-state index in [0.717, 1.165) is 9.87 Å². The summed E-state index contributed by atoms with van der Waals surface area (Å²) in [5.41, 5.74) is 1.29. The monoisotopic (exact) mass is 282 g/mol. The predicted molar refractivity (Wildman–Crippen MR) is 75.5 cm³/mol. The highest BCUT2D eigenvalue weighted by molar-refractivity contribution is 7.89. The molecule has 1 rings (SSSR count). The van der Waals surface area contributed by atoms with Crippen molar-refractivity contribution in [3.63, 3.8) is 0 Å². The summed E-state index contributed by atoms with van der Waals surface area (Å²) in [6.07, 6.45) is 3.00. The van der Waals surface area contributed by atoms with Crippen LogP contribution in [-0.2, 0) is 14.8 Å². The van der Waals surface area contributed by atoms with E-state index in [4.69, 9.17) is 0 Å². The largest absolute Gasteiger partial charge is 0.322 e. The number of nitrogens with one attached hydrogen (secondary N) is 1. The van der Waals surface area contributed by atoms with Crippen LogP contribution in [-0.4, -0.2) is 32.7 Å². The molecular weight excluding hydrogens is 264 g/mol. The fourth-order valence-corrected chi connectivity index (χ4v) is 2.36. The highest BCUT2D eigenvalue weighted by atomic mass is 32.2. The minimum atomic E-state index is -3.50. The summed E-state index contributed by atoms with van der Waals surface area (Å²) in [5.74, 6) is -0.287. The molecule has 104 valence electrons. The van der Waals surface area contributed by atoms with E-state index in [0.29, 0.717) is 5.69 Å². The fourth-order valence-electron chi connectivity index (χ4n) is 1.43. The SMILES string of the molecule is C/C=C/C(=O)Nc1cc(S(=O)(=O)N(C)C)ccc1C. The number of anilines is 1. The summed E-state index contributed by atoms with van der Waals surface area (Å²) >= 11 is 0. The van der Waals surface area contributed by atoms with Gasteiger partial charge in [0.15, 0.2) is 0 Å². The number of carbonyl (C=O) groups is 1. The Hall–Kier alpha value is -1.66. The lowest BCUT2D eigenvalue weighted by Crippen LogP contribution is -2.22. The van der Waals surface area contributed by atoms with E-state index in [-0.39, 0.29) is 10.8 Å². The second-order valence-corrected chi connectivity index (χ2v) is 6.41. The van der Waals surface area contributed by atoms with Crippen LogP contribution in [0.15, 0.2) is 35.2 Å². The Labute approximate surface area is 114 Å². The molecule has 0 saturated carbocycles. The highest BCUT2D eigenvalue weighted by Crippen LogP contribution is 2.21. The molecule has 0 atom stereocenters. The van der Waals surface area contributed by atoms with Crippen LogP contribution in [0.5, 0.6) is 0 Å². The van der Waals surface area contributed by atoms with E-state index in [1.165, 1.54) is 32.3 Å². The molecule has 0 aliphatic rings. The quantitative estimate of drug-likeness (QED) is 0.856. The van der Waals surface area contributed by atoms with E-state index < -0.39 is 10.0 Å². The summed E-state index contributed by atoms with van der Waals surface area (Å²) in [5, 5.41) is 2.65. The van der Waals surface area contributed by atoms with E-state index in [2.05, 4.69) is 5.32 Å². The Morgan fingerprint density at radius 3 is 2.47 bits per heavy atom. The third kappa shape index (κ3) is 3.65. The van der Waals surface area contributed by atoms with E-state index >= 15 is 0 Å². The molecule has 1 aromatic rings. The molecule has 6 heteroatoms. The number of sulfonamides is 1. The molecule has 0 aliphatic carbocycles. The molecule has 19 heavy (non-hydrogen) atoms. The second kappa shape index (κ2) is 5.99. The van der Waals surface area contributed by atoms with Crippen LogP contribution in [0.2, 0.25) is 0 Å². The molecule has 0 bridgehead atoms. The van der Waals surface area contributed by atoms with Gasteiger partial charge in [-0.25, -0.2) is 12.7 Å². The highest BCUT2D eigenvalue weighted by Gasteiger charge is 2.18. The number of amides is 1. The first-order valence-corrected chi connectivity index (χ1v) is 7.20. The molecule has 1 amide bonds. The lowest BCUT2D eigenvalue weighted by Gasteiger charge is -2.14. The van der Waals surface area contributed by atoms with Gasteiger partial charge in [-0.1, -0.05) is 12.1 Å². The van der Waals surface area contributed by atoms with E-state index in [1.807, 2.05) is 0 Å². The molecule has 5 nitrogen and oxygen atoms in total. The van der Waals surface area contributed by atoms with Crippen LogP contribution in [0.3, 0.4) is 0 Å². The van der Waals surface area contributed by atoms with Crippen molar-refractivity contribution in [2.75, 3.05) is 19.4 Å². The number of allylic oxidation sites excluding steroid dienone is 1. The van der Waals surface area contributed by atoms with Gasteiger partial charge >= 0.3 is 0 Å². The first-order chi connectivity index (χ1) is 8.78. The summed E-state index contributed by atoms with van der Waals surface area (Å²) in [6.45, 7) is 3.54. The van der Waals surface area contributed by atoms with Gasteiger partial charge in [0.25, 0.3) is 0 Å².